The van der Waals surface area contributed by atoms with Crippen molar-refractivity contribution in [2.24, 2.45) is 0 Å². The molecule has 1 aliphatic rings. The molecule has 0 aromatic heterocycles. The second-order valence-corrected chi connectivity index (χ2v) is 9.55. The van der Waals surface area contributed by atoms with Gasteiger partial charge in [-0.15, -0.1) is 0 Å². The highest BCUT2D eigenvalue weighted by Crippen LogP contribution is 2.30. The van der Waals surface area contributed by atoms with Crippen LogP contribution in [0.5, 0.6) is 5.75 Å². The molecule has 4 rings (SSSR count). The Morgan fingerprint density at radius 3 is 1.85 bits per heavy atom. The molecule has 3 aromatic carbocycles. The van der Waals surface area contributed by atoms with Gasteiger partial charge in [0.2, 0.25) is 0 Å². The molecule has 0 unspecified atom stereocenters. The Morgan fingerprint density at radius 1 is 0.765 bits per heavy atom. The van der Waals surface area contributed by atoms with Crippen LogP contribution in [0.2, 0.25) is 0 Å². The van der Waals surface area contributed by atoms with Gasteiger partial charge in [-0.1, -0.05) is 60.7 Å². The Balaban J connectivity index is 1.25. The summed E-state index contributed by atoms with van der Waals surface area (Å²) in [4.78, 5) is 5.14. The maximum Gasteiger partial charge on any atom is 0.122 e. The van der Waals surface area contributed by atoms with Gasteiger partial charge in [0.05, 0.1) is 0 Å². The van der Waals surface area contributed by atoms with E-state index in [2.05, 4.69) is 90.4 Å². The fourth-order valence-corrected chi connectivity index (χ4v) is 4.94. The monoisotopic (exact) mass is 457 g/mol. The average Bonchev–Trinajstić information content (AvgIpc) is 2.88. The van der Waals surface area contributed by atoms with Crippen molar-refractivity contribution in [3.8, 4) is 5.75 Å². The molecule has 0 saturated carbocycles. The van der Waals surface area contributed by atoms with E-state index in [4.69, 9.17) is 10.5 Å². The third kappa shape index (κ3) is 5.99. The number of nitrogens with two attached hydrogens (primary N) is 1. The summed E-state index contributed by atoms with van der Waals surface area (Å²) in [7, 11) is 0. The van der Waals surface area contributed by atoms with Crippen molar-refractivity contribution >= 4 is 5.69 Å². The molecule has 180 valence electrons. The molecule has 34 heavy (non-hydrogen) atoms. The standard InChI is InChI=1S/C30H39N3O/c1-23-22-29(24(2)25(3)30(23)31)34-21-20-33-18-16-32(17-19-33)15-14-28(26-10-6-4-7-11-26)27-12-8-5-9-13-27/h4-13,22,28H,14-21,31H2,1-3H3. The van der Waals surface area contributed by atoms with Crippen molar-refractivity contribution in [2.75, 3.05) is 51.6 Å². The van der Waals surface area contributed by atoms with Crippen LogP contribution < -0.4 is 10.5 Å². The van der Waals surface area contributed by atoms with Gasteiger partial charge in [-0.05, 0) is 67.6 Å². The number of hydrogen-bond acceptors (Lipinski definition) is 4. The molecule has 0 radical (unpaired) electrons. The van der Waals surface area contributed by atoms with E-state index in [9.17, 15) is 0 Å². The number of hydrogen-bond donors (Lipinski definition) is 1. The summed E-state index contributed by atoms with van der Waals surface area (Å²) < 4.78 is 6.15. The Morgan fingerprint density at radius 2 is 1.29 bits per heavy atom. The van der Waals surface area contributed by atoms with E-state index < -0.39 is 0 Å². The van der Waals surface area contributed by atoms with Crippen LogP contribution in [0, 0.1) is 20.8 Å². The number of benzene rings is 3. The molecule has 1 saturated heterocycles. The molecule has 1 fully saturated rings. The van der Waals surface area contributed by atoms with E-state index in [0.717, 1.165) is 73.8 Å². The van der Waals surface area contributed by atoms with Crippen LogP contribution in [0.1, 0.15) is 40.2 Å². The predicted octanol–water partition coefficient (Wildman–Crippen LogP) is 5.41. The minimum absolute atomic E-state index is 0.448. The van der Waals surface area contributed by atoms with Gasteiger partial charge in [-0.2, -0.15) is 0 Å². The van der Waals surface area contributed by atoms with Crippen molar-refractivity contribution in [2.45, 2.75) is 33.1 Å². The first-order valence-corrected chi connectivity index (χ1v) is 12.6. The lowest BCUT2D eigenvalue weighted by molar-refractivity contribution is 0.115. The van der Waals surface area contributed by atoms with Gasteiger partial charge >= 0.3 is 0 Å². The Labute approximate surface area is 205 Å². The summed E-state index contributed by atoms with van der Waals surface area (Å²) >= 11 is 0. The highest BCUT2D eigenvalue weighted by molar-refractivity contribution is 5.60. The first-order chi connectivity index (χ1) is 16.5. The van der Waals surface area contributed by atoms with E-state index >= 15 is 0 Å². The highest BCUT2D eigenvalue weighted by Gasteiger charge is 2.20. The Bertz CT molecular complexity index is 1000. The van der Waals surface area contributed by atoms with E-state index in [-0.39, 0.29) is 0 Å². The fraction of sp³-hybridized carbons (Fsp3) is 0.400. The van der Waals surface area contributed by atoms with Crippen LogP contribution in [0.3, 0.4) is 0 Å². The lowest BCUT2D eigenvalue weighted by Crippen LogP contribution is -2.47. The number of piperazine rings is 1. The molecule has 4 nitrogen and oxygen atoms in total. The van der Waals surface area contributed by atoms with Gasteiger partial charge in [0.15, 0.2) is 0 Å². The van der Waals surface area contributed by atoms with Crippen LogP contribution in [-0.2, 0) is 0 Å². The molecule has 0 bridgehead atoms. The maximum absolute atomic E-state index is 6.15. The lowest BCUT2D eigenvalue weighted by Gasteiger charge is -2.35. The summed E-state index contributed by atoms with van der Waals surface area (Å²) in [6, 6.07) is 24.0. The number of nitrogen functional groups attached to an aromatic ring is 1. The second-order valence-electron chi connectivity index (χ2n) is 9.55. The SMILES string of the molecule is Cc1cc(OCCN2CCN(CCC(c3ccccc3)c3ccccc3)CC2)c(C)c(C)c1N. The summed E-state index contributed by atoms with van der Waals surface area (Å²) in [6.45, 7) is 13.5. The summed E-state index contributed by atoms with van der Waals surface area (Å²) in [5, 5.41) is 0. The van der Waals surface area contributed by atoms with E-state index in [1.54, 1.807) is 0 Å². The molecule has 1 aliphatic heterocycles. The van der Waals surface area contributed by atoms with E-state index in [0.29, 0.717) is 12.5 Å². The molecule has 0 spiro atoms. The minimum atomic E-state index is 0.448. The van der Waals surface area contributed by atoms with Crippen LogP contribution in [0.15, 0.2) is 66.7 Å². The largest absolute Gasteiger partial charge is 0.492 e. The van der Waals surface area contributed by atoms with Crippen LogP contribution in [-0.4, -0.2) is 55.7 Å². The number of anilines is 1. The van der Waals surface area contributed by atoms with Gasteiger partial charge in [0, 0.05) is 44.3 Å². The molecule has 2 N–H and O–H groups in total. The smallest absolute Gasteiger partial charge is 0.122 e. The number of aryl methyl sites for hydroxylation is 1. The molecular weight excluding hydrogens is 418 g/mol. The van der Waals surface area contributed by atoms with Gasteiger partial charge in [0.1, 0.15) is 12.4 Å². The summed E-state index contributed by atoms with van der Waals surface area (Å²) in [6.07, 6.45) is 1.15. The zero-order valence-corrected chi connectivity index (χ0v) is 21.0. The molecule has 1 heterocycles. The lowest BCUT2D eigenvalue weighted by atomic mass is 9.88. The van der Waals surface area contributed by atoms with Gasteiger partial charge in [-0.3, -0.25) is 4.90 Å². The van der Waals surface area contributed by atoms with Crippen molar-refractivity contribution in [3.63, 3.8) is 0 Å². The number of ether oxygens (including phenoxy) is 1. The van der Waals surface area contributed by atoms with Crippen LogP contribution in [0.25, 0.3) is 0 Å². The molecule has 4 heteroatoms. The van der Waals surface area contributed by atoms with Gasteiger partial charge < -0.3 is 15.4 Å². The normalized spacial score (nSPS) is 15.1. The van der Waals surface area contributed by atoms with Crippen molar-refractivity contribution in [1.82, 2.24) is 9.80 Å². The zero-order valence-electron chi connectivity index (χ0n) is 21.0. The summed E-state index contributed by atoms with van der Waals surface area (Å²) in [5.74, 6) is 1.42. The van der Waals surface area contributed by atoms with Gasteiger partial charge in [-0.25, -0.2) is 0 Å². The van der Waals surface area contributed by atoms with Crippen LogP contribution >= 0.6 is 0 Å². The average molecular weight is 458 g/mol. The number of rotatable bonds is 9. The number of nitrogens with zero attached hydrogens (tertiary/aromatic N) is 2. The topological polar surface area (TPSA) is 41.7 Å². The first kappa shape index (κ1) is 24.3. The molecule has 0 amide bonds. The highest BCUT2D eigenvalue weighted by atomic mass is 16.5. The Kier molecular flexibility index (Phi) is 8.25. The second kappa shape index (κ2) is 11.5. The van der Waals surface area contributed by atoms with E-state index in [1.807, 2.05) is 6.92 Å². The van der Waals surface area contributed by atoms with Crippen molar-refractivity contribution in [1.29, 1.82) is 0 Å². The van der Waals surface area contributed by atoms with Crippen molar-refractivity contribution < 1.29 is 4.74 Å². The third-order valence-corrected chi connectivity index (χ3v) is 7.38. The third-order valence-electron chi connectivity index (χ3n) is 7.38. The zero-order chi connectivity index (χ0) is 23.9. The fourth-order valence-electron chi connectivity index (χ4n) is 4.94. The minimum Gasteiger partial charge on any atom is -0.492 e. The molecule has 0 aliphatic carbocycles. The first-order valence-electron chi connectivity index (χ1n) is 12.6. The molecule has 0 atom stereocenters. The quantitative estimate of drug-likeness (QED) is 0.436. The van der Waals surface area contributed by atoms with Crippen molar-refractivity contribution in [3.05, 3.63) is 94.5 Å². The predicted molar refractivity (Wildman–Crippen MR) is 143 cm³/mol. The molecular formula is C30H39N3O. The Hall–Kier alpha value is -2.82. The summed E-state index contributed by atoms with van der Waals surface area (Å²) in [5.41, 5.74) is 13.2. The van der Waals surface area contributed by atoms with Crippen LogP contribution in [0.4, 0.5) is 5.69 Å². The van der Waals surface area contributed by atoms with E-state index in [1.165, 1.54) is 11.1 Å². The maximum atomic E-state index is 6.15. The van der Waals surface area contributed by atoms with Gasteiger partial charge in [0.25, 0.3) is 0 Å². The molecule has 3 aromatic rings.